The van der Waals surface area contributed by atoms with Crippen molar-refractivity contribution in [1.29, 1.82) is 0 Å². The van der Waals surface area contributed by atoms with Crippen LogP contribution < -0.4 is 11.1 Å². The molecular formula is C15H18N4S. The van der Waals surface area contributed by atoms with Gasteiger partial charge in [-0.25, -0.2) is 0 Å². The minimum atomic E-state index is 0.386. The van der Waals surface area contributed by atoms with Gasteiger partial charge >= 0.3 is 0 Å². The van der Waals surface area contributed by atoms with Crippen molar-refractivity contribution in [2.24, 2.45) is 5.73 Å². The van der Waals surface area contributed by atoms with E-state index in [9.17, 15) is 0 Å². The average Bonchev–Trinajstić information content (AvgIpc) is 2.84. The van der Waals surface area contributed by atoms with Gasteiger partial charge < -0.3 is 16.0 Å². The maximum Gasteiger partial charge on any atom is 0.107 e. The number of para-hydroxylation sites is 1. The number of nitrogens with two attached hydrogens (primary N) is 1. The van der Waals surface area contributed by atoms with Crippen molar-refractivity contribution in [3.05, 3.63) is 36.0 Å². The predicted molar refractivity (Wildman–Crippen MR) is 87.2 cm³/mol. The summed E-state index contributed by atoms with van der Waals surface area (Å²) in [6.07, 6.45) is 2.90. The Morgan fingerprint density at radius 2 is 2.25 bits per heavy atom. The maximum atomic E-state index is 5.85. The molecular weight excluding hydrogens is 268 g/mol. The van der Waals surface area contributed by atoms with Crippen LogP contribution in [0.1, 0.15) is 12.0 Å². The zero-order valence-corrected chi connectivity index (χ0v) is 12.3. The molecule has 20 heavy (non-hydrogen) atoms. The summed E-state index contributed by atoms with van der Waals surface area (Å²) in [6, 6.07) is 8.50. The number of nitrogens with one attached hydrogen (secondary N) is 1. The second-order valence-corrected chi connectivity index (χ2v) is 5.76. The quantitative estimate of drug-likeness (QED) is 0.845. The van der Waals surface area contributed by atoms with E-state index < -0.39 is 0 Å². The van der Waals surface area contributed by atoms with Crippen LogP contribution in [-0.4, -0.2) is 41.1 Å². The Bertz CT molecular complexity index is 655. The molecule has 1 saturated heterocycles. The highest BCUT2D eigenvalue weighted by Gasteiger charge is 2.21. The molecule has 0 spiro atoms. The molecule has 104 valence electrons. The molecule has 2 heterocycles. The van der Waals surface area contributed by atoms with Gasteiger partial charge in [0.1, 0.15) is 4.99 Å². The van der Waals surface area contributed by atoms with Crippen LogP contribution in [0.15, 0.2) is 30.5 Å². The lowest BCUT2D eigenvalue weighted by molar-refractivity contribution is 0.414. The van der Waals surface area contributed by atoms with E-state index in [0.717, 1.165) is 41.7 Å². The molecule has 1 aliphatic heterocycles. The largest absolute Gasteiger partial charge is 0.389 e. The Morgan fingerprint density at radius 3 is 2.95 bits per heavy atom. The Labute approximate surface area is 124 Å². The Morgan fingerprint density at radius 1 is 1.45 bits per heavy atom. The van der Waals surface area contributed by atoms with Gasteiger partial charge in [0.05, 0.1) is 16.8 Å². The van der Waals surface area contributed by atoms with Crippen molar-refractivity contribution < 1.29 is 0 Å². The fraction of sp³-hybridized carbons (Fsp3) is 0.333. The first-order valence-corrected chi connectivity index (χ1v) is 7.18. The first kappa shape index (κ1) is 13.3. The van der Waals surface area contributed by atoms with Gasteiger partial charge in [-0.05, 0) is 26.1 Å². The zero-order chi connectivity index (χ0) is 14.1. The average molecular weight is 286 g/mol. The molecule has 2 aromatic rings. The van der Waals surface area contributed by atoms with Crippen molar-refractivity contribution in [3.63, 3.8) is 0 Å². The SMILES string of the molecule is CN1CCC(Nc2c(C(N)=S)cnc3ccccc23)C1. The van der Waals surface area contributed by atoms with E-state index in [0.29, 0.717) is 11.0 Å². The molecule has 1 aromatic heterocycles. The molecule has 5 heteroatoms. The molecule has 0 amide bonds. The number of pyridine rings is 1. The fourth-order valence-electron chi connectivity index (χ4n) is 2.74. The molecule has 4 nitrogen and oxygen atoms in total. The summed E-state index contributed by atoms with van der Waals surface area (Å²) in [7, 11) is 2.14. The van der Waals surface area contributed by atoms with E-state index in [4.69, 9.17) is 18.0 Å². The second kappa shape index (κ2) is 5.34. The number of anilines is 1. The Hall–Kier alpha value is -1.72. The number of rotatable bonds is 3. The predicted octanol–water partition coefficient (Wildman–Crippen LogP) is 1.98. The maximum absolute atomic E-state index is 5.85. The molecule has 1 fully saturated rings. The summed E-state index contributed by atoms with van der Waals surface area (Å²) in [5, 5.41) is 4.69. The first-order valence-electron chi connectivity index (χ1n) is 6.78. The van der Waals surface area contributed by atoms with Crippen molar-refractivity contribution >= 4 is 33.8 Å². The number of fused-ring (bicyclic) bond motifs is 1. The molecule has 1 aliphatic rings. The van der Waals surface area contributed by atoms with Crippen LogP contribution in [0.5, 0.6) is 0 Å². The van der Waals surface area contributed by atoms with Crippen LogP contribution in [0.3, 0.4) is 0 Å². The van der Waals surface area contributed by atoms with Gasteiger partial charge in [-0.3, -0.25) is 4.98 Å². The lowest BCUT2D eigenvalue weighted by atomic mass is 10.1. The number of hydrogen-bond acceptors (Lipinski definition) is 4. The second-order valence-electron chi connectivity index (χ2n) is 5.32. The van der Waals surface area contributed by atoms with E-state index in [1.165, 1.54) is 0 Å². The van der Waals surface area contributed by atoms with E-state index >= 15 is 0 Å². The van der Waals surface area contributed by atoms with Crippen molar-refractivity contribution in [2.75, 3.05) is 25.5 Å². The number of likely N-dealkylation sites (N-methyl/N-ethyl adjacent to an activating group) is 1. The van der Waals surface area contributed by atoms with E-state index in [-0.39, 0.29) is 0 Å². The van der Waals surface area contributed by atoms with E-state index in [1.807, 2.05) is 18.2 Å². The number of thiocarbonyl (C=S) groups is 1. The van der Waals surface area contributed by atoms with Crippen LogP contribution in [-0.2, 0) is 0 Å². The third-order valence-corrected chi connectivity index (χ3v) is 4.00. The van der Waals surface area contributed by atoms with Crippen LogP contribution in [0.25, 0.3) is 10.9 Å². The van der Waals surface area contributed by atoms with Gasteiger partial charge in [0.25, 0.3) is 0 Å². The normalized spacial score (nSPS) is 19.4. The van der Waals surface area contributed by atoms with Gasteiger partial charge in [-0.15, -0.1) is 0 Å². The zero-order valence-electron chi connectivity index (χ0n) is 11.5. The van der Waals surface area contributed by atoms with E-state index in [1.54, 1.807) is 6.20 Å². The van der Waals surface area contributed by atoms with Gasteiger partial charge in [-0.1, -0.05) is 30.4 Å². The van der Waals surface area contributed by atoms with E-state index in [2.05, 4.69) is 28.3 Å². The number of nitrogens with zero attached hydrogens (tertiary/aromatic N) is 2. The van der Waals surface area contributed by atoms with Crippen LogP contribution in [0.2, 0.25) is 0 Å². The lowest BCUT2D eigenvalue weighted by Crippen LogP contribution is -2.25. The molecule has 1 unspecified atom stereocenters. The summed E-state index contributed by atoms with van der Waals surface area (Å²) >= 11 is 5.16. The Kier molecular flexibility index (Phi) is 3.54. The third-order valence-electron chi connectivity index (χ3n) is 3.78. The number of benzene rings is 1. The standard InChI is InChI=1S/C15H18N4S/c1-19-7-6-10(9-19)18-14-11-4-2-3-5-13(11)17-8-12(14)15(16)20/h2-5,8,10H,6-7,9H2,1H3,(H2,16,20)(H,17,18). The highest BCUT2D eigenvalue weighted by atomic mass is 32.1. The summed E-state index contributed by atoms with van der Waals surface area (Å²) in [4.78, 5) is 7.14. The molecule has 1 aromatic carbocycles. The Balaban J connectivity index is 2.05. The van der Waals surface area contributed by atoms with Gasteiger partial charge in [0.15, 0.2) is 0 Å². The number of hydrogen-bond donors (Lipinski definition) is 2. The van der Waals surface area contributed by atoms with Gasteiger partial charge in [0, 0.05) is 24.2 Å². The molecule has 3 rings (SSSR count). The molecule has 1 atom stereocenters. The summed E-state index contributed by atoms with van der Waals surface area (Å²) in [5.74, 6) is 0. The molecule has 0 radical (unpaired) electrons. The highest BCUT2D eigenvalue weighted by molar-refractivity contribution is 7.80. The summed E-state index contributed by atoms with van der Waals surface area (Å²) in [6.45, 7) is 2.15. The third kappa shape index (κ3) is 2.46. The summed E-state index contributed by atoms with van der Waals surface area (Å²) < 4.78 is 0. The van der Waals surface area contributed by atoms with Crippen molar-refractivity contribution in [3.8, 4) is 0 Å². The topological polar surface area (TPSA) is 54.2 Å². The van der Waals surface area contributed by atoms with Crippen molar-refractivity contribution in [1.82, 2.24) is 9.88 Å². The van der Waals surface area contributed by atoms with Crippen LogP contribution in [0.4, 0.5) is 5.69 Å². The van der Waals surface area contributed by atoms with Crippen molar-refractivity contribution in [2.45, 2.75) is 12.5 Å². The van der Waals surface area contributed by atoms with Gasteiger partial charge in [0.2, 0.25) is 0 Å². The minimum absolute atomic E-state index is 0.386. The summed E-state index contributed by atoms with van der Waals surface area (Å²) in [5.41, 5.74) is 8.65. The molecule has 0 aliphatic carbocycles. The highest BCUT2D eigenvalue weighted by Crippen LogP contribution is 2.27. The lowest BCUT2D eigenvalue weighted by Gasteiger charge is -2.19. The molecule has 0 saturated carbocycles. The number of likely N-dealkylation sites (tertiary alicyclic amines) is 1. The van der Waals surface area contributed by atoms with Gasteiger partial charge in [-0.2, -0.15) is 0 Å². The minimum Gasteiger partial charge on any atom is -0.389 e. The monoisotopic (exact) mass is 286 g/mol. The molecule has 3 N–H and O–H groups in total. The fourth-order valence-corrected chi connectivity index (χ4v) is 2.90. The van der Waals surface area contributed by atoms with Crippen LogP contribution >= 0.6 is 12.2 Å². The molecule has 0 bridgehead atoms. The number of aromatic nitrogens is 1. The smallest absolute Gasteiger partial charge is 0.107 e. The van der Waals surface area contributed by atoms with Crippen LogP contribution in [0, 0.1) is 0 Å². The first-order chi connectivity index (χ1) is 9.65.